The van der Waals surface area contributed by atoms with Crippen LogP contribution in [0.1, 0.15) is 29.7 Å². The fourth-order valence-corrected chi connectivity index (χ4v) is 3.51. The quantitative estimate of drug-likeness (QED) is 0.587. The predicted octanol–water partition coefficient (Wildman–Crippen LogP) is 4.60. The molecule has 0 bridgehead atoms. The van der Waals surface area contributed by atoms with Gasteiger partial charge in [-0.1, -0.05) is 24.3 Å². The van der Waals surface area contributed by atoms with Crippen LogP contribution in [0.5, 0.6) is 0 Å². The highest BCUT2D eigenvalue weighted by atomic mass is 35.5. The first-order valence-electron chi connectivity index (χ1n) is 9.57. The van der Waals surface area contributed by atoms with Crippen LogP contribution < -0.4 is 11.1 Å². The van der Waals surface area contributed by atoms with E-state index >= 15 is 0 Å². The molecule has 1 aromatic heterocycles. The summed E-state index contributed by atoms with van der Waals surface area (Å²) in [5.41, 5.74) is 8.93. The lowest BCUT2D eigenvalue weighted by molar-refractivity contribution is 0.0367. The standard InChI is InChI=1S/C22H28FN3O.2ClH/c1-16-10-20(26-22(24)11-16)13-18-14-25-15-21(18)27-9-4-2-3-6-17-7-5-8-19(23)12-17;;/h3,5-8,10-12,18,21,25H,2,4,9,13-15H2,1H3,(H2,24,26);2*1H/b6-3+;;/t18-,21+;;/m1../s1. The van der Waals surface area contributed by atoms with Crippen molar-refractivity contribution in [3.05, 3.63) is 65.1 Å². The van der Waals surface area contributed by atoms with Crippen molar-refractivity contribution in [3.63, 3.8) is 0 Å². The highest BCUT2D eigenvalue weighted by molar-refractivity contribution is 5.85. The monoisotopic (exact) mass is 441 g/mol. The largest absolute Gasteiger partial charge is 0.384 e. The normalized spacial score (nSPS) is 18.4. The van der Waals surface area contributed by atoms with Crippen LogP contribution in [0.15, 0.2) is 42.5 Å². The zero-order valence-electron chi connectivity index (χ0n) is 16.6. The number of benzene rings is 1. The topological polar surface area (TPSA) is 60.2 Å². The minimum absolute atomic E-state index is 0. The van der Waals surface area contributed by atoms with E-state index in [1.807, 2.05) is 25.1 Å². The summed E-state index contributed by atoms with van der Waals surface area (Å²) in [7, 11) is 0. The van der Waals surface area contributed by atoms with Gasteiger partial charge in [0.05, 0.1) is 6.10 Å². The van der Waals surface area contributed by atoms with Crippen LogP contribution in [0.2, 0.25) is 0 Å². The van der Waals surface area contributed by atoms with E-state index in [4.69, 9.17) is 10.5 Å². The number of nitrogens with two attached hydrogens (primary N) is 1. The second-order valence-corrected chi connectivity index (χ2v) is 7.19. The predicted molar refractivity (Wildman–Crippen MR) is 122 cm³/mol. The maximum Gasteiger partial charge on any atom is 0.123 e. The fraction of sp³-hybridized carbons (Fsp3) is 0.409. The number of rotatable bonds is 8. The number of allylic oxidation sites excluding steroid dienone is 1. The van der Waals surface area contributed by atoms with Crippen LogP contribution in [-0.2, 0) is 11.2 Å². The number of hydrogen-bond acceptors (Lipinski definition) is 4. The lowest BCUT2D eigenvalue weighted by atomic mass is 9.99. The summed E-state index contributed by atoms with van der Waals surface area (Å²) < 4.78 is 19.2. The Labute approximate surface area is 185 Å². The maximum atomic E-state index is 13.1. The number of nitrogen functional groups attached to an aromatic ring is 1. The van der Waals surface area contributed by atoms with Gasteiger partial charge in [0, 0.05) is 31.3 Å². The molecule has 1 fully saturated rings. The molecule has 0 radical (unpaired) electrons. The Kier molecular flexibility index (Phi) is 11.2. The number of hydrogen-bond donors (Lipinski definition) is 2. The van der Waals surface area contributed by atoms with Gasteiger partial charge in [-0.25, -0.2) is 9.37 Å². The van der Waals surface area contributed by atoms with Crippen LogP contribution >= 0.6 is 24.8 Å². The van der Waals surface area contributed by atoms with Crippen molar-refractivity contribution in [2.45, 2.75) is 32.3 Å². The third kappa shape index (κ3) is 8.31. The van der Waals surface area contributed by atoms with Crippen LogP contribution in [0.25, 0.3) is 6.08 Å². The van der Waals surface area contributed by atoms with E-state index < -0.39 is 0 Å². The van der Waals surface area contributed by atoms with Gasteiger partial charge in [0.1, 0.15) is 11.6 Å². The Balaban J connectivity index is 0.00000210. The molecule has 1 aliphatic rings. The second kappa shape index (κ2) is 12.8. The highest BCUT2D eigenvalue weighted by Gasteiger charge is 2.28. The summed E-state index contributed by atoms with van der Waals surface area (Å²) >= 11 is 0. The van der Waals surface area contributed by atoms with Crippen LogP contribution in [0.4, 0.5) is 10.2 Å². The number of pyridine rings is 1. The first-order valence-corrected chi connectivity index (χ1v) is 9.57. The van der Waals surface area contributed by atoms with Crippen molar-refractivity contribution >= 4 is 36.7 Å². The number of aryl methyl sites for hydroxylation is 1. The van der Waals surface area contributed by atoms with Gasteiger partial charge in [-0.3, -0.25) is 0 Å². The Morgan fingerprint density at radius 3 is 2.83 bits per heavy atom. The molecule has 1 aromatic carbocycles. The second-order valence-electron chi connectivity index (χ2n) is 7.19. The Hall–Kier alpha value is -1.66. The van der Waals surface area contributed by atoms with E-state index in [-0.39, 0.29) is 36.7 Å². The summed E-state index contributed by atoms with van der Waals surface area (Å²) in [5.74, 6) is 0.796. The van der Waals surface area contributed by atoms with Crippen LogP contribution in [0.3, 0.4) is 0 Å². The Morgan fingerprint density at radius 2 is 2.07 bits per heavy atom. The molecule has 2 heterocycles. The Bertz CT molecular complexity index is 768. The minimum atomic E-state index is -0.204. The van der Waals surface area contributed by atoms with Gasteiger partial charge >= 0.3 is 0 Å². The number of nitrogens with zero attached hydrogens (tertiary/aromatic N) is 1. The molecule has 29 heavy (non-hydrogen) atoms. The molecule has 2 aromatic rings. The summed E-state index contributed by atoms with van der Waals surface area (Å²) in [5, 5.41) is 3.42. The number of anilines is 1. The Morgan fingerprint density at radius 1 is 1.24 bits per heavy atom. The number of aromatic nitrogens is 1. The molecule has 0 unspecified atom stereocenters. The average molecular weight is 442 g/mol. The fourth-order valence-electron chi connectivity index (χ4n) is 3.51. The number of unbranched alkanes of at least 4 members (excludes halogenated alkanes) is 1. The molecule has 3 N–H and O–H groups in total. The first-order chi connectivity index (χ1) is 13.1. The van der Waals surface area contributed by atoms with Gasteiger partial charge in [0.25, 0.3) is 0 Å². The van der Waals surface area contributed by atoms with E-state index in [0.717, 1.165) is 55.8 Å². The summed E-state index contributed by atoms with van der Waals surface area (Å²) in [6.45, 7) is 4.59. The van der Waals surface area contributed by atoms with Gasteiger partial charge in [0.15, 0.2) is 0 Å². The molecule has 1 aliphatic heterocycles. The van der Waals surface area contributed by atoms with E-state index in [2.05, 4.69) is 22.4 Å². The molecule has 7 heteroatoms. The molecular formula is C22H30Cl2FN3O. The number of ether oxygens (including phenoxy) is 1. The van der Waals surface area contributed by atoms with E-state index in [1.165, 1.54) is 12.1 Å². The van der Waals surface area contributed by atoms with E-state index in [1.54, 1.807) is 6.07 Å². The third-order valence-electron chi connectivity index (χ3n) is 4.80. The van der Waals surface area contributed by atoms with Gasteiger partial charge in [-0.2, -0.15) is 0 Å². The van der Waals surface area contributed by atoms with Gasteiger partial charge in [0.2, 0.25) is 0 Å². The molecule has 0 amide bonds. The maximum absolute atomic E-state index is 13.1. The molecule has 0 spiro atoms. The SMILES string of the molecule is Cc1cc(N)nc(C[C@@H]2CNC[C@@H]2OCCC/C=C/c2cccc(F)c2)c1.Cl.Cl. The van der Waals surface area contributed by atoms with Gasteiger partial charge in [-0.05, 0) is 61.6 Å². The minimum Gasteiger partial charge on any atom is -0.384 e. The lowest BCUT2D eigenvalue weighted by Crippen LogP contribution is -2.25. The summed E-state index contributed by atoms with van der Waals surface area (Å²) in [6, 6.07) is 10.6. The smallest absolute Gasteiger partial charge is 0.123 e. The van der Waals surface area contributed by atoms with Crippen molar-refractivity contribution < 1.29 is 9.13 Å². The average Bonchev–Trinajstić information content (AvgIpc) is 3.04. The van der Waals surface area contributed by atoms with Crippen molar-refractivity contribution in [2.75, 3.05) is 25.4 Å². The van der Waals surface area contributed by atoms with E-state index in [9.17, 15) is 4.39 Å². The molecule has 0 saturated carbocycles. The zero-order valence-corrected chi connectivity index (χ0v) is 18.3. The number of nitrogens with one attached hydrogen (secondary N) is 1. The number of halogens is 3. The molecule has 2 atom stereocenters. The molecular weight excluding hydrogens is 412 g/mol. The lowest BCUT2D eigenvalue weighted by Gasteiger charge is -2.19. The summed E-state index contributed by atoms with van der Waals surface area (Å²) in [6.07, 6.45) is 6.98. The van der Waals surface area contributed by atoms with Gasteiger partial charge in [-0.15, -0.1) is 24.8 Å². The van der Waals surface area contributed by atoms with E-state index in [0.29, 0.717) is 11.7 Å². The van der Waals surface area contributed by atoms with Gasteiger partial charge < -0.3 is 15.8 Å². The molecule has 0 aliphatic carbocycles. The van der Waals surface area contributed by atoms with Crippen molar-refractivity contribution in [1.82, 2.24) is 10.3 Å². The van der Waals surface area contributed by atoms with Crippen molar-refractivity contribution in [2.24, 2.45) is 5.92 Å². The molecule has 160 valence electrons. The molecule has 4 nitrogen and oxygen atoms in total. The van der Waals surface area contributed by atoms with Crippen molar-refractivity contribution in [1.29, 1.82) is 0 Å². The van der Waals surface area contributed by atoms with Crippen LogP contribution in [0, 0.1) is 18.7 Å². The summed E-state index contributed by atoms with van der Waals surface area (Å²) in [4.78, 5) is 4.45. The highest BCUT2D eigenvalue weighted by Crippen LogP contribution is 2.19. The van der Waals surface area contributed by atoms with Crippen molar-refractivity contribution in [3.8, 4) is 0 Å². The third-order valence-corrected chi connectivity index (χ3v) is 4.80. The van der Waals surface area contributed by atoms with Crippen LogP contribution in [-0.4, -0.2) is 30.8 Å². The zero-order chi connectivity index (χ0) is 19.1. The molecule has 3 rings (SSSR count). The first kappa shape index (κ1) is 25.4. The molecule has 1 saturated heterocycles.